The van der Waals surface area contributed by atoms with Gasteiger partial charge in [-0.2, -0.15) is 0 Å². The van der Waals surface area contributed by atoms with Crippen LogP contribution in [-0.2, 0) is 9.53 Å². The van der Waals surface area contributed by atoms with Crippen LogP contribution >= 0.6 is 0 Å². The molecule has 0 atom stereocenters. The van der Waals surface area contributed by atoms with Crippen LogP contribution in [0.2, 0.25) is 0 Å². The van der Waals surface area contributed by atoms with E-state index in [9.17, 15) is 9.18 Å². The number of carbonyl (C=O) groups is 1. The minimum absolute atomic E-state index is 0.172. The second kappa shape index (κ2) is 5.21. The molecular formula is C10H11FO3. The molecule has 1 aromatic rings. The van der Waals surface area contributed by atoms with Crippen LogP contribution in [0.15, 0.2) is 24.3 Å². The van der Waals surface area contributed by atoms with Crippen LogP contribution in [0.3, 0.4) is 0 Å². The van der Waals surface area contributed by atoms with Gasteiger partial charge in [-0.15, -0.1) is 0 Å². The molecule has 4 heteroatoms. The van der Waals surface area contributed by atoms with Crippen molar-refractivity contribution in [1.29, 1.82) is 0 Å². The molecule has 76 valence electrons. The van der Waals surface area contributed by atoms with Gasteiger partial charge in [-0.05, 0) is 12.1 Å². The summed E-state index contributed by atoms with van der Waals surface area (Å²) in [5.41, 5.74) is 0. The third-order valence-corrected chi connectivity index (χ3v) is 1.45. The number of rotatable bonds is 4. The summed E-state index contributed by atoms with van der Waals surface area (Å²) >= 11 is 0. The molecule has 1 rings (SSSR count). The van der Waals surface area contributed by atoms with E-state index in [0.717, 1.165) is 0 Å². The van der Waals surface area contributed by atoms with Gasteiger partial charge in [0.1, 0.15) is 24.8 Å². The van der Waals surface area contributed by atoms with Crippen LogP contribution < -0.4 is 4.74 Å². The third kappa shape index (κ3) is 3.89. The molecule has 0 aliphatic heterocycles. The van der Waals surface area contributed by atoms with E-state index in [4.69, 9.17) is 4.74 Å². The van der Waals surface area contributed by atoms with Gasteiger partial charge in [0.2, 0.25) is 0 Å². The summed E-state index contributed by atoms with van der Waals surface area (Å²) in [5, 5.41) is 0. The largest absolute Gasteiger partial charge is 0.490 e. The van der Waals surface area contributed by atoms with Gasteiger partial charge < -0.3 is 9.47 Å². The molecule has 0 saturated heterocycles. The van der Waals surface area contributed by atoms with Crippen molar-refractivity contribution in [2.24, 2.45) is 0 Å². The molecule has 0 bridgehead atoms. The SMILES string of the molecule is CC(=O)OCCOc1cccc(F)c1. The Bertz CT molecular complexity index is 312. The highest BCUT2D eigenvalue weighted by Gasteiger charge is 1.96. The molecule has 0 heterocycles. The Morgan fingerprint density at radius 2 is 2.21 bits per heavy atom. The van der Waals surface area contributed by atoms with Crippen LogP contribution in [-0.4, -0.2) is 19.2 Å². The number of hydrogen-bond donors (Lipinski definition) is 0. The summed E-state index contributed by atoms with van der Waals surface area (Å²) in [6.07, 6.45) is 0. The van der Waals surface area contributed by atoms with Gasteiger partial charge in [-0.3, -0.25) is 4.79 Å². The number of hydrogen-bond acceptors (Lipinski definition) is 3. The van der Waals surface area contributed by atoms with E-state index in [-0.39, 0.29) is 25.0 Å². The minimum atomic E-state index is -0.354. The Balaban J connectivity index is 2.28. The lowest BCUT2D eigenvalue weighted by molar-refractivity contribution is -0.141. The Morgan fingerprint density at radius 3 is 2.86 bits per heavy atom. The van der Waals surface area contributed by atoms with Crippen LogP contribution in [0.25, 0.3) is 0 Å². The highest BCUT2D eigenvalue weighted by atomic mass is 19.1. The van der Waals surface area contributed by atoms with E-state index in [2.05, 4.69) is 4.74 Å². The molecule has 0 saturated carbocycles. The highest BCUT2D eigenvalue weighted by molar-refractivity contribution is 5.65. The van der Waals surface area contributed by atoms with E-state index in [1.165, 1.54) is 19.1 Å². The molecule has 1 aromatic carbocycles. The number of ether oxygens (including phenoxy) is 2. The fraction of sp³-hybridized carbons (Fsp3) is 0.300. The predicted octanol–water partition coefficient (Wildman–Crippen LogP) is 1.77. The topological polar surface area (TPSA) is 35.5 Å². The molecule has 0 aliphatic carbocycles. The first-order chi connectivity index (χ1) is 6.68. The van der Waals surface area contributed by atoms with Crippen molar-refractivity contribution in [2.75, 3.05) is 13.2 Å². The van der Waals surface area contributed by atoms with E-state index < -0.39 is 0 Å². The number of benzene rings is 1. The lowest BCUT2D eigenvalue weighted by Crippen LogP contribution is -2.09. The molecule has 0 amide bonds. The summed E-state index contributed by atoms with van der Waals surface area (Å²) in [7, 11) is 0. The second-order valence-corrected chi connectivity index (χ2v) is 2.65. The molecule has 0 aromatic heterocycles. The molecule has 14 heavy (non-hydrogen) atoms. The summed E-state index contributed by atoms with van der Waals surface area (Å²) < 4.78 is 22.4. The zero-order chi connectivity index (χ0) is 10.4. The van der Waals surface area contributed by atoms with Crippen molar-refractivity contribution < 1.29 is 18.7 Å². The van der Waals surface area contributed by atoms with E-state index in [1.807, 2.05) is 0 Å². The smallest absolute Gasteiger partial charge is 0.302 e. The third-order valence-electron chi connectivity index (χ3n) is 1.45. The molecule has 0 unspecified atom stereocenters. The van der Waals surface area contributed by atoms with Crippen LogP contribution in [0, 0.1) is 5.82 Å². The fourth-order valence-electron chi connectivity index (χ4n) is 0.902. The van der Waals surface area contributed by atoms with Gasteiger partial charge in [0.05, 0.1) is 0 Å². The van der Waals surface area contributed by atoms with Gasteiger partial charge in [0.15, 0.2) is 0 Å². The van der Waals surface area contributed by atoms with Crippen molar-refractivity contribution >= 4 is 5.97 Å². The van der Waals surface area contributed by atoms with Gasteiger partial charge in [-0.25, -0.2) is 4.39 Å². The summed E-state index contributed by atoms with van der Waals surface area (Å²) in [4.78, 5) is 10.4. The lowest BCUT2D eigenvalue weighted by atomic mass is 10.3. The molecule has 0 spiro atoms. The van der Waals surface area contributed by atoms with Crippen molar-refractivity contribution in [1.82, 2.24) is 0 Å². The normalized spacial score (nSPS) is 9.57. The Hall–Kier alpha value is -1.58. The van der Waals surface area contributed by atoms with E-state index in [0.29, 0.717) is 5.75 Å². The first kappa shape index (κ1) is 10.5. The van der Waals surface area contributed by atoms with Crippen LogP contribution in [0.4, 0.5) is 4.39 Å². The maximum Gasteiger partial charge on any atom is 0.302 e. The second-order valence-electron chi connectivity index (χ2n) is 2.65. The molecule has 3 nitrogen and oxygen atoms in total. The number of carbonyl (C=O) groups excluding carboxylic acids is 1. The minimum Gasteiger partial charge on any atom is -0.490 e. The Kier molecular flexibility index (Phi) is 3.91. The van der Waals surface area contributed by atoms with E-state index >= 15 is 0 Å². The van der Waals surface area contributed by atoms with E-state index in [1.54, 1.807) is 12.1 Å². The van der Waals surface area contributed by atoms with Crippen molar-refractivity contribution in [3.05, 3.63) is 30.1 Å². The maximum absolute atomic E-state index is 12.6. The summed E-state index contributed by atoms with van der Waals surface area (Å²) in [5.74, 6) is -0.278. The first-order valence-corrected chi connectivity index (χ1v) is 4.20. The Morgan fingerprint density at radius 1 is 1.43 bits per heavy atom. The molecular weight excluding hydrogens is 187 g/mol. The van der Waals surface area contributed by atoms with Crippen molar-refractivity contribution in [2.45, 2.75) is 6.92 Å². The molecule has 0 N–H and O–H groups in total. The average Bonchev–Trinajstić information content (AvgIpc) is 2.12. The summed E-state index contributed by atoms with van der Waals surface area (Å²) in [6.45, 7) is 1.72. The zero-order valence-corrected chi connectivity index (χ0v) is 7.83. The van der Waals surface area contributed by atoms with Gasteiger partial charge in [0.25, 0.3) is 0 Å². The fourth-order valence-corrected chi connectivity index (χ4v) is 0.902. The predicted molar refractivity (Wildman–Crippen MR) is 48.5 cm³/mol. The van der Waals surface area contributed by atoms with Crippen molar-refractivity contribution in [3.63, 3.8) is 0 Å². The van der Waals surface area contributed by atoms with Gasteiger partial charge in [0, 0.05) is 13.0 Å². The summed E-state index contributed by atoms with van der Waals surface area (Å²) in [6, 6.07) is 5.79. The standard InChI is InChI=1S/C10H11FO3/c1-8(12)13-5-6-14-10-4-2-3-9(11)7-10/h2-4,7H,5-6H2,1H3. The molecule has 0 fully saturated rings. The number of halogens is 1. The Labute approximate surface area is 81.4 Å². The maximum atomic E-state index is 12.6. The monoisotopic (exact) mass is 198 g/mol. The first-order valence-electron chi connectivity index (χ1n) is 4.20. The van der Waals surface area contributed by atoms with Gasteiger partial charge in [-0.1, -0.05) is 6.07 Å². The van der Waals surface area contributed by atoms with Crippen LogP contribution in [0.1, 0.15) is 6.92 Å². The highest BCUT2D eigenvalue weighted by Crippen LogP contribution is 2.11. The van der Waals surface area contributed by atoms with Crippen molar-refractivity contribution in [3.8, 4) is 5.75 Å². The van der Waals surface area contributed by atoms with Crippen LogP contribution in [0.5, 0.6) is 5.75 Å². The quantitative estimate of drug-likeness (QED) is 0.546. The molecule has 0 aliphatic rings. The molecule has 0 radical (unpaired) electrons. The average molecular weight is 198 g/mol. The lowest BCUT2D eigenvalue weighted by Gasteiger charge is -2.05. The van der Waals surface area contributed by atoms with Gasteiger partial charge >= 0.3 is 5.97 Å². The zero-order valence-electron chi connectivity index (χ0n) is 7.83. The number of esters is 1.